The van der Waals surface area contributed by atoms with Gasteiger partial charge in [0.1, 0.15) is 0 Å². The van der Waals surface area contributed by atoms with Gasteiger partial charge in [-0.2, -0.15) is 4.98 Å². The minimum Gasteiger partial charge on any atom is -0.456 e. The molecule has 0 saturated heterocycles. The lowest BCUT2D eigenvalue weighted by atomic mass is 10.2. The highest BCUT2D eigenvalue weighted by atomic mass is 16.5. The van der Waals surface area contributed by atoms with Crippen molar-refractivity contribution in [1.29, 1.82) is 0 Å². The van der Waals surface area contributed by atoms with Crippen LogP contribution in [0.25, 0.3) is 11.4 Å². The standard InChI is InChI=1S/C21H20N4O5/c26-17(23-21(28)22-13-15-7-3-1-4-8-15)14-29-19(27)12-11-18-24-20(25-30-18)16-9-5-2-6-10-16/h1-10H,11-14H2,(H2,22,23,26,28). The summed E-state index contributed by atoms with van der Waals surface area (Å²) in [6, 6.07) is 17.9. The quantitative estimate of drug-likeness (QED) is 0.548. The maximum absolute atomic E-state index is 11.8. The lowest BCUT2D eigenvalue weighted by molar-refractivity contribution is -0.148. The third-order valence-corrected chi connectivity index (χ3v) is 3.96. The first kappa shape index (κ1) is 20.7. The molecule has 3 amide bonds. The van der Waals surface area contributed by atoms with E-state index in [0.717, 1.165) is 11.1 Å². The fourth-order valence-corrected chi connectivity index (χ4v) is 2.47. The number of benzene rings is 2. The monoisotopic (exact) mass is 408 g/mol. The van der Waals surface area contributed by atoms with Gasteiger partial charge in [0.25, 0.3) is 5.91 Å². The number of nitrogens with zero attached hydrogens (tertiary/aromatic N) is 2. The van der Waals surface area contributed by atoms with E-state index in [1.54, 1.807) is 0 Å². The zero-order valence-electron chi connectivity index (χ0n) is 16.0. The second kappa shape index (κ2) is 10.5. The molecular weight excluding hydrogens is 388 g/mol. The maximum Gasteiger partial charge on any atom is 0.321 e. The van der Waals surface area contributed by atoms with E-state index in [-0.39, 0.29) is 25.3 Å². The third-order valence-electron chi connectivity index (χ3n) is 3.96. The summed E-state index contributed by atoms with van der Waals surface area (Å²) >= 11 is 0. The number of aromatic nitrogens is 2. The highest BCUT2D eigenvalue weighted by Crippen LogP contribution is 2.15. The summed E-state index contributed by atoms with van der Waals surface area (Å²) in [4.78, 5) is 39.4. The van der Waals surface area contributed by atoms with E-state index in [9.17, 15) is 14.4 Å². The third kappa shape index (κ3) is 6.55. The Balaban J connectivity index is 1.34. The first-order valence-electron chi connectivity index (χ1n) is 9.25. The van der Waals surface area contributed by atoms with Crippen LogP contribution in [0.15, 0.2) is 65.2 Å². The van der Waals surface area contributed by atoms with Crippen LogP contribution in [-0.4, -0.2) is 34.7 Å². The van der Waals surface area contributed by atoms with Gasteiger partial charge in [-0.15, -0.1) is 0 Å². The Labute approximate surface area is 172 Å². The molecule has 0 radical (unpaired) electrons. The Bertz CT molecular complexity index is 989. The number of nitrogens with one attached hydrogen (secondary N) is 2. The molecule has 0 aliphatic carbocycles. The fraction of sp³-hybridized carbons (Fsp3) is 0.190. The molecule has 30 heavy (non-hydrogen) atoms. The Hall–Kier alpha value is -4.01. The second-order valence-electron chi connectivity index (χ2n) is 6.25. The van der Waals surface area contributed by atoms with Crippen molar-refractivity contribution in [2.24, 2.45) is 0 Å². The minimum atomic E-state index is -0.724. The summed E-state index contributed by atoms with van der Waals surface area (Å²) in [6.45, 7) is -0.286. The number of hydrogen-bond donors (Lipinski definition) is 2. The predicted octanol–water partition coefficient (Wildman–Crippen LogP) is 2.24. The number of amides is 3. The molecule has 9 heteroatoms. The van der Waals surface area contributed by atoms with Crippen LogP contribution in [0.1, 0.15) is 17.9 Å². The number of ether oxygens (including phenoxy) is 1. The average molecular weight is 408 g/mol. The van der Waals surface area contributed by atoms with Gasteiger partial charge in [0.2, 0.25) is 11.7 Å². The smallest absolute Gasteiger partial charge is 0.321 e. The summed E-state index contributed by atoms with van der Waals surface area (Å²) < 4.78 is 9.97. The van der Waals surface area contributed by atoms with Gasteiger partial charge in [-0.25, -0.2) is 4.79 Å². The number of hydrogen-bond acceptors (Lipinski definition) is 7. The van der Waals surface area contributed by atoms with E-state index in [0.29, 0.717) is 5.82 Å². The molecule has 0 aliphatic heterocycles. The predicted molar refractivity (Wildman–Crippen MR) is 106 cm³/mol. The van der Waals surface area contributed by atoms with Crippen molar-refractivity contribution in [2.75, 3.05) is 6.61 Å². The zero-order valence-corrected chi connectivity index (χ0v) is 16.0. The Kier molecular flexibility index (Phi) is 7.26. The second-order valence-corrected chi connectivity index (χ2v) is 6.25. The van der Waals surface area contributed by atoms with Gasteiger partial charge in [-0.05, 0) is 5.56 Å². The average Bonchev–Trinajstić information content (AvgIpc) is 3.25. The lowest BCUT2D eigenvalue weighted by Crippen LogP contribution is -2.41. The van der Waals surface area contributed by atoms with Crippen LogP contribution in [0.4, 0.5) is 4.79 Å². The van der Waals surface area contributed by atoms with Crippen LogP contribution >= 0.6 is 0 Å². The largest absolute Gasteiger partial charge is 0.456 e. The van der Waals surface area contributed by atoms with Gasteiger partial charge in [0.15, 0.2) is 6.61 Å². The fourth-order valence-electron chi connectivity index (χ4n) is 2.47. The molecule has 1 aromatic heterocycles. The summed E-state index contributed by atoms with van der Waals surface area (Å²) in [7, 11) is 0. The van der Waals surface area contributed by atoms with Crippen molar-refractivity contribution < 1.29 is 23.6 Å². The first-order chi connectivity index (χ1) is 14.6. The van der Waals surface area contributed by atoms with Gasteiger partial charge in [-0.3, -0.25) is 14.9 Å². The molecule has 0 atom stereocenters. The molecule has 0 saturated carbocycles. The number of carbonyl (C=O) groups excluding carboxylic acids is 3. The highest BCUT2D eigenvalue weighted by Gasteiger charge is 2.13. The topological polar surface area (TPSA) is 123 Å². The summed E-state index contributed by atoms with van der Waals surface area (Å²) in [5, 5.41) is 8.50. The van der Waals surface area contributed by atoms with E-state index in [4.69, 9.17) is 9.26 Å². The van der Waals surface area contributed by atoms with Gasteiger partial charge in [0.05, 0.1) is 6.42 Å². The van der Waals surface area contributed by atoms with E-state index in [1.165, 1.54) is 0 Å². The summed E-state index contributed by atoms with van der Waals surface area (Å²) in [6.07, 6.45) is 0.141. The van der Waals surface area contributed by atoms with Crippen molar-refractivity contribution in [3.8, 4) is 11.4 Å². The van der Waals surface area contributed by atoms with Crippen molar-refractivity contribution in [1.82, 2.24) is 20.8 Å². The van der Waals surface area contributed by atoms with E-state index in [2.05, 4.69) is 20.8 Å². The van der Waals surface area contributed by atoms with Crippen LogP contribution in [0, 0.1) is 0 Å². The van der Waals surface area contributed by atoms with Crippen LogP contribution in [0.5, 0.6) is 0 Å². The minimum absolute atomic E-state index is 0.0378. The van der Waals surface area contributed by atoms with Crippen molar-refractivity contribution in [3.05, 3.63) is 72.1 Å². The Morgan fingerprint density at radius 3 is 2.40 bits per heavy atom. The molecule has 0 spiro atoms. The molecule has 2 N–H and O–H groups in total. The van der Waals surface area contributed by atoms with E-state index in [1.807, 2.05) is 60.7 Å². The summed E-state index contributed by atoms with van der Waals surface area (Å²) in [5.74, 6) is -0.622. The highest BCUT2D eigenvalue weighted by molar-refractivity contribution is 5.95. The first-order valence-corrected chi connectivity index (χ1v) is 9.25. The van der Waals surface area contributed by atoms with Gasteiger partial charge < -0.3 is 14.6 Å². The number of rotatable bonds is 8. The van der Waals surface area contributed by atoms with E-state index < -0.39 is 24.5 Å². The number of carbonyl (C=O) groups is 3. The summed E-state index contributed by atoms with van der Waals surface area (Å²) in [5.41, 5.74) is 1.69. The van der Waals surface area contributed by atoms with Crippen LogP contribution in [0.3, 0.4) is 0 Å². The molecule has 0 bridgehead atoms. The van der Waals surface area contributed by atoms with Gasteiger partial charge in [-0.1, -0.05) is 65.8 Å². The van der Waals surface area contributed by atoms with Crippen molar-refractivity contribution in [3.63, 3.8) is 0 Å². The number of urea groups is 1. The molecule has 0 aliphatic rings. The SMILES string of the molecule is O=C(COC(=O)CCc1nc(-c2ccccc2)no1)NC(=O)NCc1ccccc1. The van der Waals surface area contributed by atoms with Crippen molar-refractivity contribution in [2.45, 2.75) is 19.4 Å². The Morgan fingerprint density at radius 1 is 0.967 bits per heavy atom. The zero-order chi connectivity index (χ0) is 21.2. The van der Waals surface area contributed by atoms with Gasteiger partial charge >= 0.3 is 12.0 Å². The van der Waals surface area contributed by atoms with Crippen LogP contribution < -0.4 is 10.6 Å². The number of imide groups is 1. The maximum atomic E-state index is 11.8. The lowest BCUT2D eigenvalue weighted by Gasteiger charge is -2.07. The Morgan fingerprint density at radius 2 is 1.67 bits per heavy atom. The van der Waals surface area contributed by atoms with Crippen LogP contribution in [0.2, 0.25) is 0 Å². The number of aryl methyl sites for hydroxylation is 1. The number of esters is 1. The molecule has 0 unspecified atom stereocenters. The van der Waals surface area contributed by atoms with Gasteiger partial charge in [0, 0.05) is 18.5 Å². The van der Waals surface area contributed by atoms with E-state index >= 15 is 0 Å². The molecule has 154 valence electrons. The molecule has 0 fully saturated rings. The van der Waals surface area contributed by atoms with Crippen LogP contribution in [-0.2, 0) is 27.3 Å². The molecular formula is C21H20N4O5. The molecule has 3 rings (SSSR count). The molecule has 9 nitrogen and oxygen atoms in total. The van der Waals surface area contributed by atoms with Crippen molar-refractivity contribution >= 4 is 17.9 Å². The molecule has 3 aromatic rings. The molecule has 1 heterocycles. The normalized spacial score (nSPS) is 10.3. The molecule has 2 aromatic carbocycles.